The lowest BCUT2D eigenvalue weighted by Crippen LogP contribution is -2.49. The molecule has 29 heavy (non-hydrogen) atoms. The molecular weight excluding hydrogens is 368 g/mol. The molecule has 1 atom stereocenters. The number of rotatable bonds is 7. The van der Waals surface area contributed by atoms with Gasteiger partial charge < -0.3 is 14.7 Å². The summed E-state index contributed by atoms with van der Waals surface area (Å²) in [6.07, 6.45) is 0.499. The summed E-state index contributed by atoms with van der Waals surface area (Å²) in [5.41, 5.74) is 2.04. The van der Waals surface area contributed by atoms with E-state index in [1.54, 1.807) is 4.52 Å². The highest BCUT2D eigenvalue weighted by Crippen LogP contribution is 2.16. The smallest absolute Gasteiger partial charge is 0.178 e. The van der Waals surface area contributed by atoms with E-state index in [4.69, 9.17) is 4.74 Å². The summed E-state index contributed by atoms with van der Waals surface area (Å²) in [4.78, 5) is 4.53. The molecule has 1 aliphatic heterocycles. The maximum atomic E-state index is 10.4. The highest BCUT2D eigenvalue weighted by Gasteiger charge is 2.21. The summed E-state index contributed by atoms with van der Waals surface area (Å²) in [6, 6.07) is 12.0. The first-order chi connectivity index (χ1) is 14.1. The van der Waals surface area contributed by atoms with Crippen molar-refractivity contribution >= 4 is 11.5 Å². The van der Waals surface area contributed by atoms with E-state index >= 15 is 0 Å². The zero-order valence-corrected chi connectivity index (χ0v) is 17.0. The van der Waals surface area contributed by atoms with Crippen molar-refractivity contribution in [1.29, 1.82) is 0 Å². The van der Waals surface area contributed by atoms with Gasteiger partial charge in [-0.05, 0) is 43.2 Å². The van der Waals surface area contributed by atoms with E-state index in [0.29, 0.717) is 13.2 Å². The molecule has 1 fully saturated rings. The molecule has 1 aromatic carbocycles. The fourth-order valence-electron chi connectivity index (χ4n) is 3.58. The van der Waals surface area contributed by atoms with Crippen LogP contribution in [0.15, 0.2) is 36.4 Å². The van der Waals surface area contributed by atoms with Crippen molar-refractivity contribution in [2.45, 2.75) is 26.4 Å². The minimum Gasteiger partial charge on any atom is -0.491 e. The van der Waals surface area contributed by atoms with Crippen LogP contribution in [0.4, 0.5) is 5.82 Å². The number of ether oxygens (including phenoxy) is 1. The normalized spacial score (nSPS) is 16.3. The standard InChI is InChI=1S/C21H28N6O2/c1-3-17-4-6-19(7-5-17)29-15-18(28)14-25-10-12-26(13-11-25)21-9-8-20-23-22-16(2)27(20)24-21/h4-9,18,28H,3,10-15H2,1-2H3/t18-/m1/s1. The number of fused-ring (bicyclic) bond motifs is 1. The van der Waals surface area contributed by atoms with Gasteiger partial charge in [-0.1, -0.05) is 19.1 Å². The van der Waals surface area contributed by atoms with Crippen LogP contribution in [0.3, 0.4) is 0 Å². The summed E-state index contributed by atoms with van der Waals surface area (Å²) in [7, 11) is 0. The molecule has 0 bridgehead atoms. The van der Waals surface area contributed by atoms with Gasteiger partial charge in [0.05, 0.1) is 0 Å². The number of aromatic nitrogens is 4. The molecule has 0 radical (unpaired) electrons. The van der Waals surface area contributed by atoms with Crippen molar-refractivity contribution in [3.8, 4) is 5.75 Å². The Balaban J connectivity index is 1.24. The summed E-state index contributed by atoms with van der Waals surface area (Å²) >= 11 is 0. The second kappa shape index (κ2) is 8.75. The summed E-state index contributed by atoms with van der Waals surface area (Å²) in [5.74, 6) is 2.52. The van der Waals surface area contributed by atoms with Gasteiger partial charge in [0.2, 0.25) is 0 Å². The molecule has 3 heterocycles. The maximum absolute atomic E-state index is 10.4. The van der Waals surface area contributed by atoms with Gasteiger partial charge in [0.15, 0.2) is 11.5 Å². The average molecular weight is 396 g/mol. The Morgan fingerprint density at radius 2 is 1.79 bits per heavy atom. The lowest BCUT2D eigenvalue weighted by atomic mass is 10.2. The van der Waals surface area contributed by atoms with E-state index in [1.807, 2.05) is 31.2 Å². The SMILES string of the molecule is CCc1ccc(OC[C@H](O)CN2CCN(c3ccc4nnc(C)n4n3)CC2)cc1. The molecule has 0 unspecified atom stereocenters. The van der Waals surface area contributed by atoms with Gasteiger partial charge in [-0.15, -0.1) is 15.3 Å². The van der Waals surface area contributed by atoms with Crippen molar-refractivity contribution in [1.82, 2.24) is 24.7 Å². The maximum Gasteiger partial charge on any atom is 0.178 e. The van der Waals surface area contributed by atoms with Gasteiger partial charge in [-0.2, -0.15) is 4.52 Å². The largest absolute Gasteiger partial charge is 0.491 e. The number of hydrogen-bond acceptors (Lipinski definition) is 7. The Hall–Kier alpha value is -2.71. The second-order valence-electron chi connectivity index (χ2n) is 7.46. The molecule has 3 aromatic rings. The van der Waals surface area contributed by atoms with Gasteiger partial charge >= 0.3 is 0 Å². The van der Waals surface area contributed by atoms with Crippen molar-refractivity contribution in [2.24, 2.45) is 0 Å². The molecule has 4 rings (SSSR count). The number of nitrogens with zero attached hydrogens (tertiary/aromatic N) is 6. The number of piperazine rings is 1. The first-order valence-corrected chi connectivity index (χ1v) is 10.2. The van der Waals surface area contributed by atoms with Crippen LogP contribution in [-0.4, -0.2) is 75.3 Å². The minimum absolute atomic E-state index is 0.302. The van der Waals surface area contributed by atoms with Crippen molar-refractivity contribution in [2.75, 3.05) is 44.2 Å². The van der Waals surface area contributed by atoms with E-state index in [2.05, 4.69) is 44.2 Å². The quantitative estimate of drug-likeness (QED) is 0.649. The lowest BCUT2D eigenvalue weighted by Gasteiger charge is -2.36. The van der Waals surface area contributed by atoms with Gasteiger partial charge in [0, 0.05) is 32.7 Å². The van der Waals surface area contributed by atoms with Gasteiger partial charge in [0.25, 0.3) is 0 Å². The van der Waals surface area contributed by atoms with Crippen LogP contribution in [0, 0.1) is 6.92 Å². The van der Waals surface area contributed by atoms with E-state index in [-0.39, 0.29) is 0 Å². The van der Waals surface area contributed by atoms with E-state index in [0.717, 1.165) is 55.6 Å². The third-order valence-corrected chi connectivity index (χ3v) is 5.34. The Kier molecular flexibility index (Phi) is 5.92. The number of β-amino-alcohol motifs (C(OH)–C–C–N with tert-alkyl or cyclic N) is 1. The van der Waals surface area contributed by atoms with Crippen LogP contribution in [0.5, 0.6) is 5.75 Å². The number of hydrogen-bond donors (Lipinski definition) is 1. The van der Waals surface area contributed by atoms with Crippen molar-refractivity contribution in [3.05, 3.63) is 47.8 Å². The zero-order chi connectivity index (χ0) is 20.2. The Morgan fingerprint density at radius 1 is 1.03 bits per heavy atom. The first kappa shape index (κ1) is 19.6. The summed E-state index contributed by atoms with van der Waals surface area (Å²) in [5, 5.41) is 23.2. The van der Waals surface area contributed by atoms with Crippen LogP contribution in [0.25, 0.3) is 5.65 Å². The topological polar surface area (TPSA) is 79.0 Å². The molecule has 1 aliphatic rings. The van der Waals surface area contributed by atoms with Crippen LogP contribution in [0.2, 0.25) is 0 Å². The fraction of sp³-hybridized carbons (Fsp3) is 0.476. The first-order valence-electron chi connectivity index (χ1n) is 10.2. The van der Waals surface area contributed by atoms with Crippen LogP contribution in [0.1, 0.15) is 18.3 Å². The zero-order valence-electron chi connectivity index (χ0n) is 17.0. The van der Waals surface area contributed by atoms with Gasteiger partial charge in [-0.3, -0.25) is 4.90 Å². The van der Waals surface area contributed by atoms with Crippen LogP contribution in [-0.2, 0) is 6.42 Å². The minimum atomic E-state index is -0.512. The number of aryl methyl sites for hydroxylation is 2. The molecule has 0 spiro atoms. The number of aliphatic hydroxyl groups is 1. The predicted octanol–water partition coefficient (Wildman–Crippen LogP) is 1.56. The van der Waals surface area contributed by atoms with E-state index in [1.165, 1.54) is 5.56 Å². The summed E-state index contributed by atoms with van der Waals surface area (Å²) in [6.45, 7) is 8.43. The third-order valence-electron chi connectivity index (χ3n) is 5.34. The molecule has 8 heteroatoms. The molecule has 2 aromatic heterocycles. The van der Waals surface area contributed by atoms with Crippen LogP contribution < -0.4 is 9.64 Å². The second-order valence-corrected chi connectivity index (χ2v) is 7.46. The molecule has 0 saturated carbocycles. The number of anilines is 1. The number of aliphatic hydroxyl groups excluding tert-OH is 1. The van der Waals surface area contributed by atoms with Gasteiger partial charge in [0.1, 0.15) is 24.3 Å². The van der Waals surface area contributed by atoms with E-state index < -0.39 is 6.10 Å². The van der Waals surface area contributed by atoms with Crippen LogP contribution >= 0.6 is 0 Å². The highest BCUT2D eigenvalue weighted by molar-refractivity contribution is 5.46. The van der Waals surface area contributed by atoms with Crippen molar-refractivity contribution < 1.29 is 9.84 Å². The molecule has 0 amide bonds. The number of benzene rings is 1. The molecule has 8 nitrogen and oxygen atoms in total. The highest BCUT2D eigenvalue weighted by atomic mass is 16.5. The van der Waals surface area contributed by atoms with Gasteiger partial charge in [-0.25, -0.2) is 0 Å². The predicted molar refractivity (Wildman–Crippen MR) is 111 cm³/mol. The lowest BCUT2D eigenvalue weighted by molar-refractivity contribution is 0.0662. The monoisotopic (exact) mass is 396 g/mol. The fourth-order valence-corrected chi connectivity index (χ4v) is 3.58. The Bertz CT molecular complexity index is 934. The Labute approximate surface area is 170 Å². The molecule has 0 aliphatic carbocycles. The molecular formula is C21H28N6O2. The van der Waals surface area contributed by atoms with Crippen molar-refractivity contribution in [3.63, 3.8) is 0 Å². The average Bonchev–Trinajstić information content (AvgIpc) is 3.13. The molecule has 1 N–H and O–H groups in total. The molecule has 154 valence electrons. The molecule has 1 saturated heterocycles. The third kappa shape index (κ3) is 4.65. The summed E-state index contributed by atoms with van der Waals surface area (Å²) < 4.78 is 7.51. The van der Waals surface area contributed by atoms with E-state index in [9.17, 15) is 5.11 Å². The Morgan fingerprint density at radius 3 is 2.52 bits per heavy atom.